The Kier molecular flexibility index (Phi) is 3.90. The summed E-state index contributed by atoms with van der Waals surface area (Å²) in [5.74, 6) is 0.658. The van der Waals surface area contributed by atoms with E-state index in [1.165, 1.54) is 6.42 Å². The number of halogens is 1. The normalized spacial score (nSPS) is 15.7. The SMILES string of the molecule is CC(Br)CC(C)Cc1cn(C)nn1. The maximum Gasteiger partial charge on any atom is 0.0829 e. The molecule has 0 spiro atoms. The van der Waals surface area contributed by atoms with Gasteiger partial charge in [-0.2, -0.15) is 0 Å². The molecule has 2 unspecified atom stereocenters. The minimum absolute atomic E-state index is 0.583. The van der Waals surface area contributed by atoms with Gasteiger partial charge in [-0.15, -0.1) is 5.10 Å². The lowest BCUT2D eigenvalue weighted by molar-refractivity contribution is 0.526. The molecular formula is C9H16BrN3. The lowest BCUT2D eigenvalue weighted by atomic mass is 10.0. The minimum Gasteiger partial charge on any atom is -0.255 e. The van der Waals surface area contributed by atoms with Crippen LogP contribution in [0.15, 0.2) is 6.20 Å². The van der Waals surface area contributed by atoms with Crippen LogP contribution in [0.2, 0.25) is 0 Å². The quantitative estimate of drug-likeness (QED) is 0.762. The van der Waals surface area contributed by atoms with E-state index in [0.717, 1.165) is 12.1 Å². The molecule has 0 aliphatic carbocycles. The van der Waals surface area contributed by atoms with Gasteiger partial charge in [0.25, 0.3) is 0 Å². The molecular weight excluding hydrogens is 230 g/mol. The summed E-state index contributed by atoms with van der Waals surface area (Å²) in [5.41, 5.74) is 1.09. The molecule has 0 aliphatic rings. The van der Waals surface area contributed by atoms with E-state index in [4.69, 9.17) is 0 Å². The number of aromatic nitrogens is 3. The van der Waals surface area contributed by atoms with Crippen molar-refractivity contribution in [3.63, 3.8) is 0 Å². The van der Waals surface area contributed by atoms with Gasteiger partial charge in [0.1, 0.15) is 0 Å². The molecule has 0 amide bonds. The molecule has 2 atom stereocenters. The Morgan fingerprint density at radius 2 is 2.23 bits per heavy atom. The third-order valence-corrected chi connectivity index (χ3v) is 2.31. The fourth-order valence-corrected chi connectivity index (χ4v) is 2.12. The number of alkyl halides is 1. The molecule has 0 saturated carbocycles. The van der Waals surface area contributed by atoms with Crippen molar-refractivity contribution in [3.05, 3.63) is 11.9 Å². The molecule has 13 heavy (non-hydrogen) atoms. The van der Waals surface area contributed by atoms with Gasteiger partial charge in [0.2, 0.25) is 0 Å². The van der Waals surface area contributed by atoms with Gasteiger partial charge in [0.05, 0.1) is 5.69 Å². The molecule has 1 rings (SSSR count). The summed E-state index contributed by atoms with van der Waals surface area (Å²) in [4.78, 5) is 0.583. The largest absolute Gasteiger partial charge is 0.255 e. The van der Waals surface area contributed by atoms with Crippen molar-refractivity contribution in [3.8, 4) is 0 Å². The fraction of sp³-hybridized carbons (Fsp3) is 0.778. The van der Waals surface area contributed by atoms with Gasteiger partial charge in [0.15, 0.2) is 0 Å². The molecule has 3 nitrogen and oxygen atoms in total. The lowest BCUT2D eigenvalue weighted by Gasteiger charge is -2.10. The van der Waals surface area contributed by atoms with E-state index >= 15 is 0 Å². The second-order valence-electron chi connectivity index (χ2n) is 3.71. The van der Waals surface area contributed by atoms with Gasteiger partial charge < -0.3 is 0 Å². The first-order valence-corrected chi connectivity index (χ1v) is 5.48. The van der Waals surface area contributed by atoms with E-state index in [9.17, 15) is 0 Å². The molecule has 1 heterocycles. The Morgan fingerprint density at radius 3 is 2.69 bits per heavy atom. The van der Waals surface area contributed by atoms with Crippen molar-refractivity contribution in [2.75, 3.05) is 0 Å². The second kappa shape index (κ2) is 4.74. The van der Waals surface area contributed by atoms with Crippen LogP contribution in [-0.2, 0) is 13.5 Å². The maximum atomic E-state index is 4.06. The average molecular weight is 246 g/mol. The summed E-state index contributed by atoms with van der Waals surface area (Å²) in [6.45, 7) is 4.42. The van der Waals surface area contributed by atoms with Crippen LogP contribution in [-0.4, -0.2) is 19.8 Å². The van der Waals surface area contributed by atoms with E-state index in [0.29, 0.717) is 10.7 Å². The van der Waals surface area contributed by atoms with Crippen LogP contribution in [0.5, 0.6) is 0 Å². The van der Waals surface area contributed by atoms with Crippen LogP contribution in [0.1, 0.15) is 26.0 Å². The number of aryl methyl sites for hydroxylation is 1. The number of hydrogen-bond acceptors (Lipinski definition) is 2. The molecule has 0 N–H and O–H groups in total. The predicted octanol–water partition coefficient (Wildman–Crippen LogP) is 2.17. The number of nitrogens with zero attached hydrogens (tertiary/aromatic N) is 3. The van der Waals surface area contributed by atoms with Crippen molar-refractivity contribution in [2.45, 2.75) is 31.5 Å². The smallest absolute Gasteiger partial charge is 0.0829 e. The molecule has 0 radical (unpaired) electrons. The monoisotopic (exact) mass is 245 g/mol. The van der Waals surface area contributed by atoms with Gasteiger partial charge >= 0.3 is 0 Å². The number of rotatable bonds is 4. The Hall–Kier alpha value is -0.380. The van der Waals surface area contributed by atoms with Crippen LogP contribution in [0.4, 0.5) is 0 Å². The van der Waals surface area contributed by atoms with Crippen molar-refractivity contribution < 1.29 is 0 Å². The Bertz CT molecular complexity index is 257. The molecule has 0 fully saturated rings. The van der Waals surface area contributed by atoms with E-state index in [1.807, 2.05) is 13.2 Å². The first-order valence-electron chi connectivity index (χ1n) is 4.57. The van der Waals surface area contributed by atoms with Crippen molar-refractivity contribution in [2.24, 2.45) is 13.0 Å². The third-order valence-electron chi connectivity index (χ3n) is 1.93. The summed E-state index contributed by atoms with van der Waals surface area (Å²) >= 11 is 3.55. The third kappa shape index (κ3) is 3.89. The zero-order valence-corrected chi connectivity index (χ0v) is 9.95. The zero-order valence-electron chi connectivity index (χ0n) is 8.37. The van der Waals surface area contributed by atoms with Crippen molar-refractivity contribution in [1.29, 1.82) is 0 Å². The summed E-state index contributed by atoms with van der Waals surface area (Å²) in [6.07, 6.45) is 4.18. The zero-order chi connectivity index (χ0) is 9.84. The minimum atomic E-state index is 0.583. The molecule has 4 heteroatoms. The number of hydrogen-bond donors (Lipinski definition) is 0. The van der Waals surface area contributed by atoms with Crippen LogP contribution < -0.4 is 0 Å². The van der Waals surface area contributed by atoms with Gasteiger partial charge in [-0.25, -0.2) is 0 Å². The lowest BCUT2D eigenvalue weighted by Crippen LogP contribution is -2.05. The highest BCUT2D eigenvalue weighted by atomic mass is 79.9. The van der Waals surface area contributed by atoms with E-state index in [-0.39, 0.29) is 0 Å². The summed E-state index contributed by atoms with van der Waals surface area (Å²) in [7, 11) is 1.90. The molecule has 0 bridgehead atoms. The fourth-order valence-electron chi connectivity index (χ4n) is 1.48. The molecule has 0 aromatic carbocycles. The summed E-state index contributed by atoms with van der Waals surface area (Å²) in [6, 6.07) is 0. The molecule has 1 aromatic heterocycles. The highest BCUT2D eigenvalue weighted by molar-refractivity contribution is 9.09. The maximum absolute atomic E-state index is 4.06. The Balaban J connectivity index is 2.40. The van der Waals surface area contributed by atoms with Crippen LogP contribution in [0, 0.1) is 5.92 Å². The van der Waals surface area contributed by atoms with Gasteiger partial charge in [0, 0.05) is 18.1 Å². The predicted molar refractivity (Wildman–Crippen MR) is 56.9 cm³/mol. The van der Waals surface area contributed by atoms with E-state index in [1.54, 1.807) is 4.68 Å². The average Bonchev–Trinajstić information content (AvgIpc) is 2.33. The van der Waals surface area contributed by atoms with E-state index < -0.39 is 0 Å². The van der Waals surface area contributed by atoms with Crippen LogP contribution in [0.3, 0.4) is 0 Å². The summed E-state index contributed by atoms with van der Waals surface area (Å²) < 4.78 is 1.75. The topological polar surface area (TPSA) is 30.7 Å². The van der Waals surface area contributed by atoms with Crippen molar-refractivity contribution in [1.82, 2.24) is 15.0 Å². The van der Waals surface area contributed by atoms with Crippen LogP contribution in [0.25, 0.3) is 0 Å². The molecule has 1 aromatic rings. The van der Waals surface area contributed by atoms with Gasteiger partial charge in [-0.3, -0.25) is 4.68 Å². The standard InChI is InChI=1S/C9H16BrN3/c1-7(4-8(2)10)5-9-6-13(3)12-11-9/h6-8H,4-5H2,1-3H3. The van der Waals surface area contributed by atoms with Crippen molar-refractivity contribution >= 4 is 15.9 Å². The second-order valence-corrected chi connectivity index (χ2v) is 5.27. The molecule has 0 aliphatic heterocycles. The van der Waals surface area contributed by atoms with Gasteiger partial charge in [-0.05, 0) is 18.8 Å². The molecule has 74 valence electrons. The Labute approximate surface area is 87.6 Å². The highest BCUT2D eigenvalue weighted by Crippen LogP contribution is 2.15. The molecule has 0 saturated heterocycles. The first kappa shape index (κ1) is 10.7. The van der Waals surface area contributed by atoms with Gasteiger partial charge in [-0.1, -0.05) is 35.0 Å². The Morgan fingerprint density at radius 1 is 1.54 bits per heavy atom. The summed E-state index contributed by atoms with van der Waals surface area (Å²) in [5, 5.41) is 7.96. The van der Waals surface area contributed by atoms with E-state index in [2.05, 4.69) is 40.1 Å². The first-order chi connectivity index (χ1) is 6.08. The van der Waals surface area contributed by atoms with Crippen LogP contribution >= 0.6 is 15.9 Å². The highest BCUT2D eigenvalue weighted by Gasteiger charge is 2.08.